The zero-order chi connectivity index (χ0) is 38.6. The molecule has 0 amide bonds. The zero-order valence-electron chi connectivity index (χ0n) is 34.5. The molecule has 0 fully saturated rings. The summed E-state index contributed by atoms with van der Waals surface area (Å²) in [6.45, 7) is 10.6. The van der Waals surface area contributed by atoms with E-state index in [1.165, 1.54) is 112 Å². The quantitative estimate of drug-likeness (QED) is 0.0591. The van der Waals surface area contributed by atoms with E-state index >= 15 is 0 Å². The molecule has 0 saturated carbocycles. The molecule has 4 aromatic rings. The highest BCUT2D eigenvalue weighted by Gasteiger charge is 2.42. The fraction of sp³-hybridized carbons (Fsp3) is 0.472. The molecule has 5 rings (SSSR count). The largest absolute Gasteiger partial charge is 0.494 e. The third-order valence-electron chi connectivity index (χ3n) is 11.2. The molecule has 0 aliphatic heterocycles. The lowest BCUT2D eigenvalue weighted by atomic mass is 9.70. The van der Waals surface area contributed by atoms with Gasteiger partial charge in [-0.3, -0.25) is 0 Å². The van der Waals surface area contributed by atoms with Crippen molar-refractivity contribution < 1.29 is 9.47 Å². The number of hydrogen-bond acceptors (Lipinski definition) is 2. The van der Waals surface area contributed by atoms with Crippen LogP contribution in [0, 0.1) is 23.7 Å². The Balaban J connectivity index is 1.40. The number of fused-ring (bicyclic) bond motifs is 3. The van der Waals surface area contributed by atoms with Crippen molar-refractivity contribution in [3.8, 4) is 46.3 Å². The Kier molecular flexibility index (Phi) is 17.3. The molecule has 55 heavy (non-hydrogen) atoms. The highest BCUT2D eigenvalue weighted by Crippen LogP contribution is 2.54. The van der Waals surface area contributed by atoms with E-state index in [4.69, 9.17) is 9.47 Å². The molecule has 0 atom stereocenters. The van der Waals surface area contributed by atoms with Gasteiger partial charge in [0.15, 0.2) is 0 Å². The van der Waals surface area contributed by atoms with E-state index in [1.807, 2.05) is 0 Å². The van der Waals surface area contributed by atoms with Crippen molar-refractivity contribution in [2.24, 2.45) is 0 Å². The Hall–Kier alpha value is -4.40. The third kappa shape index (κ3) is 12.3. The van der Waals surface area contributed by atoms with E-state index in [1.54, 1.807) is 0 Å². The predicted molar refractivity (Wildman–Crippen MR) is 234 cm³/mol. The Morgan fingerprint density at radius 1 is 0.382 bits per heavy atom. The van der Waals surface area contributed by atoms with Gasteiger partial charge >= 0.3 is 0 Å². The van der Waals surface area contributed by atoms with Gasteiger partial charge in [0.25, 0.3) is 0 Å². The minimum Gasteiger partial charge on any atom is -0.494 e. The summed E-state index contributed by atoms with van der Waals surface area (Å²) in [5.74, 6) is 15.9. The molecule has 0 aromatic heterocycles. The molecule has 0 N–H and O–H groups in total. The molecule has 4 aromatic carbocycles. The minimum atomic E-state index is -0.0340. The van der Waals surface area contributed by atoms with Crippen molar-refractivity contribution in [1.82, 2.24) is 0 Å². The van der Waals surface area contributed by atoms with Crippen molar-refractivity contribution >= 4 is 0 Å². The standard InChI is InChI=1S/C53H66O2/c1-5-9-13-17-37-53(38-18-14-10-6-2)51-41-45(23-21-43-25-31-47(32-26-43)54-39-19-15-11-7-3)29-35-49(51)50-36-30-46(42-52(50)53)24-22-44-27-33-48(34-28-44)55-40-20-16-12-8-4/h25-36,41-42H,5-20,37-40H2,1-4H3. The second-order valence-electron chi connectivity index (χ2n) is 15.6. The van der Waals surface area contributed by atoms with Crippen LogP contribution in [0.3, 0.4) is 0 Å². The molecule has 1 aliphatic carbocycles. The first kappa shape index (κ1) is 41.8. The van der Waals surface area contributed by atoms with Gasteiger partial charge in [0.05, 0.1) is 13.2 Å². The first-order valence-electron chi connectivity index (χ1n) is 21.9. The van der Waals surface area contributed by atoms with E-state index in [0.29, 0.717) is 0 Å². The molecule has 0 heterocycles. The summed E-state index contributed by atoms with van der Waals surface area (Å²) in [4.78, 5) is 0. The van der Waals surface area contributed by atoms with Crippen molar-refractivity contribution in [1.29, 1.82) is 0 Å². The zero-order valence-corrected chi connectivity index (χ0v) is 34.5. The van der Waals surface area contributed by atoms with Gasteiger partial charge in [-0.15, -0.1) is 0 Å². The molecule has 0 unspecified atom stereocenters. The van der Waals surface area contributed by atoms with Crippen LogP contribution in [0.5, 0.6) is 11.5 Å². The molecule has 0 saturated heterocycles. The van der Waals surface area contributed by atoms with Crippen LogP contribution >= 0.6 is 0 Å². The summed E-state index contributed by atoms with van der Waals surface area (Å²) in [5, 5.41) is 0. The number of rotatable bonds is 22. The number of ether oxygens (including phenoxy) is 2. The van der Waals surface area contributed by atoms with Crippen LogP contribution < -0.4 is 9.47 Å². The average molecular weight is 735 g/mol. The van der Waals surface area contributed by atoms with E-state index in [9.17, 15) is 0 Å². The summed E-state index contributed by atoms with van der Waals surface area (Å²) in [5.41, 5.74) is 9.84. The normalized spacial score (nSPS) is 12.2. The Bertz CT molecular complexity index is 1720. The van der Waals surface area contributed by atoms with Crippen LogP contribution in [0.15, 0.2) is 84.9 Å². The molecule has 2 heteroatoms. The van der Waals surface area contributed by atoms with Crippen LogP contribution in [0.2, 0.25) is 0 Å². The highest BCUT2D eigenvalue weighted by atomic mass is 16.5. The summed E-state index contributed by atoms with van der Waals surface area (Å²) >= 11 is 0. The first-order chi connectivity index (χ1) is 27.1. The fourth-order valence-corrected chi connectivity index (χ4v) is 8.02. The van der Waals surface area contributed by atoms with Crippen LogP contribution in [-0.2, 0) is 5.41 Å². The SMILES string of the molecule is CCCCCCOc1ccc(C#Cc2ccc3c(c2)C(CCCCCC)(CCCCCC)c2cc(C#Cc4ccc(OCCCCCC)cc4)ccc2-3)cc1. The van der Waals surface area contributed by atoms with Gasteiger partial charge < -0.3 is 9.47 Å². The van der Waals surface area contributed by atoms with Gasteiger partial charge in [-0.25, -0.2) is 0 Å². The van der Waals surface area contributed by atoms with Gasteiger partial charge in [-0.05, 0) is 121 Å². The summed E-state index contributed by atoms with van der Waals surface area (Å²) in [6, 6.07) is 30.5. The Morgan fingerprint density at radius 3 is 1.11 bits per heavy atom. The van der Waals surface area contributed by atoms with E-state index in [2.05, 4.69) is 136 Å². The van der Waals surface area contributed by atoms with Crippen molar-refractivity contribution in [3.05, 3.63) is 118 Å². The van der Waals surface area contributed by atoms with Crippen molar-refractivity contribution in [2.45, 2.75) is 149 Å². The highest BCUT2D eigenvalue weighted by molar-refractivity contribution is 5.82. The van der Waals surface area contributed by atoms with E-state index < -0.39 is 0 Å². The monoisotopic (exact) mass is 735 g/mol. The molecule has 290 valence electrons. The van der Waals surface area contributed by atoms with Gasteiger partial charge in [-0.2, -0.15) is 0 Å². The van der Waals surface area contributed by atoms with Gasteiger partial charge in [0.2, 0.25) is 0 Å². The second kappa shape index (κ2) is 22.9. The lowest BCUT2D eigenvalue weighted by molar-refractivity contribution is 0.305. The van der Waals surface area contributed by atoms with Gasteiger partial charge in [0, 0.05) is 27.7 Å². The van der Waals surface area contributed by atoms with Crippen LogP contribution in [0.1, 0.15) is 177 Å². The van der Waals surface area contributed by atoms with E-state index in [-0.39, 0.29) is 5.41 Å². The van der Waals surface area contributed by atoms with Crippen LogP contribution in [0.25, 0.3) is 11.1 Å². The predicted octanol–water partition coefficient (Wildman–Crippen LogP) is 14.6. The third-order valence-corrected chi connectivity index (χ3v) is 11.2. The minimum absolute atomic E-state index is 0.0340. The maximum atomic E-state index is 5.98. The molecule has 0 radical (unpaired) electrons. The van der Waals surface area contributed by atoms with Crippen molar-refractivity contribution in [2.75, 3.05) is 13.2 Å². The lowest BCUT2D eigenvalue weighted by Gasteiger charge is -2.33. The van der Waals surface area contributed by atoms with Gasteiger partial charge in [0.1, 0.15) is 11.5 Å². The number of unbranched alkanes of at least 4 members (excludes halogenated alkanes) is 12. The summed E-state index contributed by atoms with van der Waals surface area (Å²) < 4.78 is 12.0. The smallest absolute Gasteiger partial charge is 0.119 e. The van der Waals surface area contributed by atoms with Gasteiger partial charge in [-0.1, -0.05) is 153 Å². The molecule has 1 aliphatic rings. The molecular weight excluding hydrogens is 669 g/mol. The maximum Gasteiger partial charge on any atom is 0.119 e. The first-order valence-corrected chi connectivity index (χ1v) is 21.9. The van der Waals surface area contributed by atoms with E-state index in [0.717, 1.165) is 72.6 Å². The van der Waals surface area contributed by atoms with Crippen LogP contribution in [-0.4, -0.2) is 13.2 Å². The van der Waals surface area contributed by atoms with Crippen molar-refractivity contribution in [3.63, 3.8) is 0 Å². The second-order valence-corrected chi connectivity index (χ2v) is 15.6. The number of benzene rings is 4. The lowest BCUT2D eigenvalue weighted by Crippen LogP contribution is -2.26. The topological polar surface area (TPSA) is 18.5 Å². The Morgan fingerprint density at radius 2 is 0.727 bits per heavy atom. The van der Waals surface area contributed by atoms with Crippen LogP contribution in [0.4, 0.5) is 0 Å². The maximum absolute atomic E-state index is 5.98. The number of hydrogen-bond donors (Lipinski definition) is 0. The molecule has 2 nitrogen and oxygen atoms in total. The molecular formula is C53H66O2. The average Bonchev–Trinajstić information content (AvgIpc) is 3.48. The molecule has 0 bridgehead atoms. The molecule has 0 spiro atoms. The fourth-order valence-electron chi connectivity index (χ4n) is 8.02. The summed E-state index contributed by atoms with van der Waals surface area (Å²) in [7, 11) is 0. The summed E-state index contributed by atoms with van der Waals surface area (Å²) in [6.07, 6.45) is 22.1. The Labute approximate surface area is 334 Å².